The highest BCUT2D eigenvalue weighted by molar-refractivity contribution is 9.10. The molecule has 0 aromatic carbocycles. The number of nitrogens with two attached hydrogens (primary N) is 1. The summed E-state index contributed by atoms with van der Waals surface area (Å²) < 4.78 is 0.672. The van der Waals surface area contributed by atoms with E-state index in [1.807, 2.05) is 6.07 Å². The first-order valence-electron chi connectivity index (χ1n) is 3.03. The molecular weight excluding hydrogens is 208 g/mol. The van der Waals surface area contributed by atoms with Crippen molar-refractivity contribution in [1.82, 2.24) is 15.0 Å². The van der Waals surface area contributed by atoms with Crippen molar-refractivity contribution in [1.29, 1.82) is 0 Å². The lowest BCUT2D eigenvalue weighted by Gasteiger charge is -1.88. The lowest BCUT2D eigenvalue weighted by Crippen LogP contribution is -1.88. The van der Waals surface area contributed by atoms with Gasteiger partial charge >= 0.3 is 0 Å². The van der Waals surface area contributed by atoms with Crippen molar-refractivity contribution < 1.29 is 0 Å². The van der Waals surface area contributed by atoms with E-state index in [-0.39, 0.29) is 0 Å². The zero-order chi connectivity index (χ0) is 7.84. The third kappa shape index (κ3) is 1.07. The number of rotatable bonds is 0. The van der Waals surface area contributed by atoms with E-state index in [9.17, 15) is 0 Å². The minimum absolute atomic E-state index is 0.483. The molecular formula is C6H5BrN4. The van der Waals surface area contributed by atoms with Crippen molar-refractivity contribution in [2.45, 2.75) is 0 Å². The average molecular weight is 213 g/mol. The van der Waals surface area contributed by atoms with Crippen LogP contribution >= 0.6 is 15.9 Å². The molecule has 0 saturated heterocycles. The quantitative estimate of drug-likeness (QED) is 0.692. The van der Waals surface area contributed by atoms with E-state index in [0.29, 0.717) is 16.2 Å². The summed E-state index contributed by atoms with van der Waals surface area (Å²) >= 11 is 3.20. The highest BCUT2D eigenvalue weighted by Gasteiger charge is 1.99. The number of nitrogen functional groups attached to an aromatic ring is 1. The van der Waals surface area contributed by atoms with Gasteiger partial charge in [0.05, 0.1) is 5.52 Å². The fourth-order valence-corrected chi connectivity index (χ4v) is 1.26. The van der Waals surface area contributed by atoms with E-state index in [0.717, 1.165) is 5.52 Å². The lowest BCUT2D eigenvalue weighted by atomic mass is 10.4. The van der Waals surface area contributed by atoms with Gasteiger partial charge in [-0.3, -0.25) is 0 Å². The maximum Gasteiger partial charge on any atom is 0.180 e. The van der Waals surface area contributed by atoms with Gasteiger partial charge in [0.25, 0.3) is 0 Å². The molecule has 0 fully saturated rings. The summed E-state index contributed by atoms with van der Waals surface area (Å²) in [6.45, 7) is 0. The first-order valence-corrected chi connectivity index (χ1v) is 3.83. The molecule has 0 spiro atoms. The molecule has 0 aliphatic rings. The second kappa shape index (κ2) is 2.20. The first-order chi connectivity index (χ1) is 5.25. The molecule has 2 heterocycles. The van der Waals surface area contributed by atoms with E-state index in [1.54, 1.807) is 6.07 Å². The summed E-state index contributed by atoms with van der Waals surface area (Å²) in [4.78, 5) is 11.0. The summed E-state index contributed by atoms with van der Waals surface area (Å²) in [6, 6.07) is 3.57. The third-order valence-corrected chi connectivity index (χ3v) is 1.71. The number of halogens is 1. The number of anilines is 1. The molecule has 0 radical (unpaired) electrons. The van der Waals surface area contributed by atoms with Crippen LogP contribution in [0, 0.1) is 0 Å². The zero-order valence-electron chi connectivity index (χ0n) is 5.50. The Bertz CT molecular complexity index is 394. The molecule has 4 nitrogen and oxygen atoms in total. The number of fused-ring (bicyclic) bond motifs is 1. The topological polar surface area (TPSA) is 67.6 Å². The van der Waals surface area contributed by atoms with Crippen LogP contribution in [0.15, 0.2) is 16.9 Å². The second-order valence-electron chi connectivity index (χ2n) is 2.13. The summed E-state index contributed by atoms with van der Waals surface area (Å²) in [5.74, 6) is 0.483. The number of pyridine rings is 1. The summed E-state index contributed by atoms with van der Waals surface area (Å²) in [5.41, 5.74) is 6.97. The number of H-pyrrole nitrogens is 1. The first kappa shape index (κ1) is 6.60. The van der Waals surface area contributed by atoms with Crippen LogP contribution < -0.4 is 5.73 Å². The second-order valence-corrected chi connectivity index (χ2v) is 2.89. The van der Waals surface area contributed by atoms with Crippen LogP contribution in [0.3, 0.4) is 0 Å². The predicted molar refractivity (Wildman–Crippen MR) is 46.0 cm³/mol. The Labute approximate surface area is 71.0 Å². The van der Waals surface area contributed by atoms with Gasteiger partial charge in [0, 0.05) is 0 Å². The minimum Gasteiger partial charge on any atom is -0.384 e. The molecule has 5 heteroatoms. The number of aromatic nitrogens is 3. The van der Waals surface area contributed by atoms with Gasteiger partial charge in [-0.05, 0) is 28.1 Å². The van der Waals surface area contributed by atoms with Gasteiger partial charge in [-0.1, -0.05) is 0 Å². The van der Waals surface area contributed by atoms with Crippen molar-refractivity contribution in [2.75, 3.05) is 5.73 Å². The Morgan fingerprint density at radius 1 is 1.36 bits per heavy atom. The zero-order valence-corrected chi connectivity index (χ0v) is 7.09. The van der Waals surface area contributed by atoms with Crippen LogP contribution in [0.5, 0.6) is 0 Å². The number of imidazole rings is 1. The van der Waals surface area contributed by atoms with Gasteiger partial charge in [0.1, 0.15) is 5.82 Å². The number of aromatic amines is 1. The molecule has 2 rings (SSSR count). The lowest BCUT2D eigenvalue weighted by molar-refractivity contribution is 1.25. The maximum absolute atomic E-state index is 5.45. The van der Waals surface area contributed by atoms with Gasteiger partial charge in [-0.25, -0.2) is 9.97 Å². The summed E-state index contributed by atoms with van der Waals surface area (Å²) in [5, 5.41) is 0. The molecule has 0 bridgehead atoms. The molecule has 0 unspecified atom stereocenters. The molecule has 11 heavy (non-hydrogen) atoms. The highest BCUT2D eigenvalue weighted by Crippen LogP contribution is 2.13. The molecule has 3 N–H and O–H groups in total. The number of hydrogen-bond donors (Lipinski definition) is 2. The van der Waals surface area contributed by atoms with Crippen LogP contribution in [0.2, 0.25) is 0 Å². The van der Waals surface area contributed by atoms with Gasteiger partial charge in [0.15, 0.2) is 10.4 Å². The maximum atomic E-state index is 5.45. The predicted octanol–water partition coefficient (Wildman–Crippen LogP) is 1.30. The van der Waals surface area contributed by atoms with E-state index in [4.69, 9.17) is 5.73 Å². The molecule has 0 aliphatic carbocycles. The van der Waals surface area contributed by atoms with Crippen molar-refractivity contribution in [2.24, 2.45) is 0 Å². The molecule has 2 aromatic rings. The van der Waals surface area contributed by atoms with Gasteiger partial charge in [0.2, 0.25) is 0 Å². The molecule has 0 amide bonds. The molecule has 0 saturated carbocycles. The minimum atomic E-state index is 0.483. The van der Waals surface area contributed by atoms with Crippen molar-refractivity contribution >= 4 is 32.9 Å². The van der Waals surface area contributed by atoms with E-state index in [1.165, 1.54) is 0 Å². The van der Waals surface area contributed by atoms with Gasteiger partial charge in [-0.15, -0.1) is 0 Å². The number of hydrogen-bond acceptors (Lipinski definition) is 3. The third-order valence-electron chi connectivity index (χ3n) is 1.34. The Morgan fingerprint density at radius 3 is 3.00 bits per heavy atom. The fourth-order valence-electron chi connectivity index (χ4n) is 0.878. The largest absolute Gasteiger partial charge is 0.384 e. The Balaban J connectivity index is 2.82. The fraction of sp³-hybridized carbons (Fsp3) is 0. The monoisotopic (exact) mass is 212 g/mol. The van der Waals surface area contributed by atoms with Gasteiger partial charge < -0.3 is 10.7 Å². The Morgan fingerprint density at radius 2 is 2.18 bits per heavy atom. The Hall–Kier alpha value is -1.10. The standard InChI is InChI=1S/C6H5BrN4/c7-6-9-3-1-2-4(8)10-5(3)11-6/h1-2H,(H3,8,9,10,11). The average Bonchev–Trinajstić information content (AvgIpc) is 2.27. The number of nitrogens with zero attached hydrogens (tertiary/aromatic N) is 2. The van der Waals surface area contributed by atoms with E-state index < -0.39 is 0 Å². The van der Waals surface area contributed by atoms with Crippen LogP contribution in [0.4, 0.5) is 5.82 Å². The van der Waals surface area contributed by atoms with E-state index >= 15 is 0 Å². The van der Waals surface area contributed by atoms with Crippen LogP contribution in [-0.2, 0) is 0 Å². The van der Waals surface area contributed by atoms with Crippen molar-refractivity contribution in [3.63, 3.8) is 0 Å². The SMILES string of the molecule is Nc1ccc2[nH]c(Br)nc2n1. The molecule has 0 atom stereocenters. The Kier molecular flexibility index (Phi) is 1.32. The van der Waals surface area contributed by atoms with Crippen molar-refractivity contribution in [3.05, 3.63) is 16.9 Å². The molecule has 2 aromatic heterocycles. The molecule has 0 aliphatic heterocycles. The molecule has 56 valence electrons. The summed E-state index contributed by atoms with van der Waals surface area (Å²) in [7, 11) is 0. The van der Waals surface area contributed by atoms with Crippen molar-refractivity contribution in [3.8, 4) is 0 Å². The number of nitrogens with one attached hydrogen (secondary N) is 1. The van der Waals surface area contributed by atoms with Crippen LogP contribution in [-0.4, -0.2) is 15.0 Å². The van der Waals surface area contributed by atoms with E-state index in [2.05, 4.69) is 30.9 Å². The normalized spacial score (nSPS) is 10.6. The van der Waals surface area contributed by atoms with Crippen LogP contribution in [0.1, 0.15) is 0 Å². The highest BCUT2D eigenvalue weighted by atomic mass is 79.9. The van der Waals surface area contributed by atoms with Crippen LogP contribution in [0.25, 0.3) is 11.2 Å². The smallest absolute Gasteiger partial charge is 0.180 e. The summed E-state index contributed by atoms with van der Waals surface area (Å²) in [6.07, 6.45) is 0. The van der Waals surface area contributed by atoms with Gasteiger partial charge in [-0.2, -0.15) is 0 Å².